The number of nitrogens with one attached hydrogen (secondary N) is 2. The van der Waals surface area contributed by atoms with E-state index >= 15 is 0 Å². The number of para-hydroxylation sites is 2. The minimum absolute atomic E-state index is 0.0431. The predicted octanol–water partition coefficient (Wildman–Crippen LogP) is 4.03. The Morgan fingerprint density at radius 1 is 0.897 bits per heavy atom. The van der Waals surface area contributed by atoms with E-state index in [2.05, 4.69) is 10.0 Å². The minimum Gasteiger partial charge on any atom is -0.495 e. The van der Waals surface area contributed by atoms with Gasteiger partial charge in [0, 0.05) is 11.3 Å². The number of hydrogen-bond acceptors (Lipinski definition) is 4. The molecule has 0 saturated heterocycles. The second-order valence-electron chi connectivity index (χ2n) is 5.89. The van der Waals surface area contributed by atoms with Crippen LogP contribution in [0.3, 0.4) is 0 Å². The van der Waals surface area contributed by atoms with Gasteiger partial charge in [-0.15, -0.1) is 0 Å². The van der Waals surface area contributed by atoms with E-state index in [-0.39, 0.29) is 11.3 Å². The van der Waals surface area contributed by atoms with Crippen molar-refractivity contribution in [3.63, 3.8) is 0 Å². The topological polar surface area (TPSA) is 84.5 Å². The lowest BCUT2D eigenvalue weighted by molar-refractivity contribution is 0.102. The third-order valence-corrected chi connectivity index (χ3v) is 5.37. The molecule has 0 fully saturated rings. The van der Waals surface area contributed by atoms with Crippen molar-refractivity contribution >= 4 is 27.3 Å². The first-order valence-corrected chi connectivity index (χ1v) is 9.81. The van der Waals surface area contributed by atoms with Gasteiger partial charge in [0.05, 0.1) is 12.8 Å². The van der Waals surface area contributed by atoms with Gasteiger partial charge in [-0.1, -0.05) is 18.2 Å². The molecule has 0 heterocycles. The molecule has 9 heteroatoms. The molecular formula is C20H16F2N2O4S. The van der Waals surface area contributed by atoms with Crippen LogP contribution in [0.2, 0.25) is 0 Å². The maximum absolute atomic E-state index is 13.8. The molecule has 3 aromatic carbocycles. The smallest absolute Gasteiger partial charge is 0.267 e. The highest BCUT2D eigenvalue weighted by molar-refractivity contribution is 7.92. The molecule has 3 aromatic rings. The Labute approximate surface area is 166 Å². The molecule has 1 amide bonds. The normalized spacial score (nSPS) is 11.0. The minimum atomic E-state index is -4.48. The molecule has 0 spiro atoms. The number of ether oxygens (including phenoxy) is 1. The van der Waals surface area contributed by atoms with Gasteiger partial charge < -0.3 is 10.1 Å². The Balaban J connectivity index is 1.77. The summed E-state index contributed by atoms with van der Waals surface area (Å²) in [5, 5.41) is 2.68. The monoisotopic (exact) mass is 418 g/mol. The molecule has 0 unspecified atom stereocenters. The van der Waals surface area contributed by atoms with Crippen LogP contribution in [-0.2, 0) is 10.0 Å². The van der Waals surface area contributed by atoms with Crippen molar-refractivity contribution < 1.29 is 26.7 Å². The van der Waals surface area contributed by atoms with Crippen LogP contribution in [0.1, 0.15) is 10.4 Å². The maximum Gasteiger partial charge on any atom is 0.267 e. The van der Waals surface area contributed by atoms with Gasteiger partial charge in [-0.05, 0) is 48.5 Å². The number of methoxy groups -OCH3 is 1. The van der Waals surface area contributed by atoms with Crippen LogP contribution in [-0.4, -0.2) is 21.4 Å². The summed E-state index contributed by atoms with van der Waals surface area (Å²) >= 11 is 0. The fourth-order valence-electron chi connectivity index (χ4n) is 2.58. The quantitative estimate of drug-likeness (QED) is 0.633. The van der Waals surface area contributed by atoms with E-state index in [0.29, 0.717) is 11.4 Å². The van der Waals surface area contributed by atoms with Gasteiger partial charge in [-0.2, -0.15) is 0 Å². The molecule has 29 heavy (non-hydrogen) atoms. The lowest BCUT2D eigenvalue weighted by Gasteiger charge is -2.11. The molecule has 0 aliphatic heterocycles. The van der Waals surface area contributed by atoms with Crippen molar-refractivity contribution in [2.45, 2.75) is 4.90 Å². The predicted molar refractivity (Wildman–Crippen MR) is 105 cm³/mol. The van der Waals surface area contributed by atoms with Gasteiger partial charge in [0.2, 0.25) is 0 Å². The summed E-state index contributed by atoms with van der Waals surface area (Å²) < 4.78 is 59.4. The SMILES string of the molecule is COc1ccccc1NC(=O)c1ccc(NS(=O)(=O)c2c(F)cccc2F)cc1. The zero-order valence-corrected chi connectivity index (χ0v) is 16.0. The Hall–Kier alpha value is -3.46. The lowest BCUT2D eigenvalue weighted by Crippen LogP contribution is -2.17. The summed E-state index contributed by atoms with van der Waals surface area (Å²) in [6.45, 7) is 0. The van der Waals surface area contributed by atoms with Crippen LogP contribution < -0.4 is 14.8 Å². The van der Waals surface area contributed by atoms with Crippen LogP contribution in [0.15, 0.2) is 71.6 Å². The van der Waals surface area contributed by atoms with E-state index in [1.54, 1.807) is 24.3 Å². The fraction of sp³-hybridized carbons (Fsp3) is 0.0500. The van der Waals surface area contributed by atoms with E-state index in [0.717, 1.165) is 18.2 Å². The van der Waals surface area contributed by atoms with Gasteiger partial charge in [-0.3, -0.25) is 9.52 Å². The summed E-state index contributed by atoms with van der Waals surface area (Å²) in [4.78, 5) is 11.3. The molecular weight excluding hydrogens is 402 g/mol. The van der Waals surface area contributed by atoms with Crippen molar-refractivity contribution in [3.8, 4) is 5.75 Å². The second kappa shape index (κ2) is 8.27. The Bertz CT molecular complexity index is 1130. The third-order valence-electron chi connectivity index (χ3n) is 3.94. The van der Waals surface area contributed by atoms with Crippen molar-refractivity contribution in [2.24, 2.45) is 0 Å². The van der Waals surface area contributed by atoms with Crippen LogP contribution in [0.5, 0.6) is 5.75 Å². The van der Waals surface area contributed by atoms with E-state index in [4.69, 9.17) is 4.74 Å². The molecule has 0 aliphatic carbocycles. The number of halogens is 2. The summed E-state index contributed by atoms with van der Waals surface area (Å²) in [6, 6.07) is 15.0. The van der Waals surface area contributed by atoms with Gasteiger partial charge >= 0.3 is 0 Å². The van der Waals surface area contributed by atoms with Crippen molar-refractivity contribution in [1.29, 1.82) is 0 Å². The van der Waals surface area contributed by atoms with E-state index in [1.807, 2.05) is 0 Å². The standard InChI is InChI=1S/C20H16F2N2O4S/c1-28-18-8-3-2-7-17(18)23-20(25)13-9-11-14(12-10-13)24-29(26,27)19-15(21)5-4-6-16(19)22/h2-12,24H,1H3,(H,23,25). The average molecular weight is 418 g/mol. The van der Waals surface area contributed by atoms with Crippen LogP contribution in [0.25, 0.3) is 0 Å². The molecule has 3 rings (SSSR count). The Morgan fingerprint density at radius 3 is 2.14 bits per heavy atom. The van der Waals surface area contributed by atoms with E-state index in [9.17, 15) is 22.0 Å². The van der Waals surface area contributed by atoms with E-state index < -0.39 is 32.5 Å². The zero-order valence-electron chi connectivity index (χ0n) is 15.1. The first kappa shape index (κ1) is 20.3. The van der Waals surface area contributed by atoms with Crippen molar-refractivity contribution in [3.05, 3.63) is 83.9 Å². The number of benzene rings is 3. The number of amides is 1. The molecule has 0 saturated carbocycles. The van der Waals surface area contributed by atoms with Crippen LogP contribution in [0, 0.1) is 11.6 Å². The van der Waals surface area contributed by atoms with Crippen molar-refractivity contribution in [1.82, 2.24) is 0 Å². The molecule has 6 nitrogen and oxygen atoms in total. The second-order valence-corrected chi connectivity index (χ2v) is 7.51. The zero-order chi connectivity index (χ0) is 21.0. The average Bonchev–Trinajstić information content (AvgIpc) is 2.68. The lowest BCUT2D eigenvalue weighted by atomic mass is 10.2. The molecule has 150 valence electrons. The number of carbonyl (C=O) groups is 1. The van der Waals surface area contributed by atoms with Crippen LogP contribution >= 0.6 is 0 Å². The highest BCUT2D eigenvalue weighted by Crippen LogP contribution is 2.25. The van der Waals surface area contributed by atoms with Crippen molar-refractivity contribution in [2.75, 3.05) is 17.1 Å². The number of sulfonamides is 1. The number of anilines is 2. The molecule has 0 radical (unpaired) electrons. The molecule has 0 aromatic heterocycles. The summed E-state index contributed by atoms with van der Waals surface area (Å²) in [7, 11) is -3.01. The first-order valence-electron chi connectivity index (χ1n) is 8.33. The Kier molecular flexibility index (Phi) is 5.79. The van der Waals surface area contributed by atoms with Gasteiger partial charge in [0.1, 0.15) is 17.4 Å². The molecule has 0 atom stereocenters. The summed E-state index contributed by atoms with van der Waals surface area (Å²) in [6.07, 6.45) is 0. The summed E-state index contributed by atoms with van der Waals surface area (Å²) in [5.74, 6) is -2.36. The number of rotatable bonds is 6. The first-order chi connectivity index (χ1) is 13.8. The van der Waals surface area contributed by atoms with Gasteiger partial charge in [-0.25, -0.2) is 17.2 Å². The largest absolute Gasteiger partial charge is 0.495 e. The third kappa shape index (κ3) is 4.52. The van der Waals surface area contributed by atoms with Gasteiger partial charge in [0.15, 0.2) is 4.90 Å². The van der Waals surface area contributed by atoms with Crippen LogP contribution in [0.4, 0.5) is 20.2 Å². The highest BCUT2D eigenvalue weighted by Gasteiger charge is 2.24. The van der Waals surface area contributed by atoms with Gasteiger partial charge in [0.25, 0.3) is 15.9 Å². The summed E-state index contributed by atoms with van der Waals surface area (Å²) in [5.41, 5.74) is 0.761. The molecule has 0 aliphatic rings. The fourth-order valence-corrected chi connectivity index (χ4v) is 3.78. The number of hydrogen-bond donors (Lipinski definition) is 2. The molecule has 0 bridgehead atoms. The molecule has 2 N–H and O–H groups in total. The Morgan fingerprint density at radius 2 is 1.52 bits per heavy atom. The number of carbonyl (C=O) groups excluding carboxylic acids is 1. The maximum atomic E-state index is 13.8. The van der Waals surface area contributed by atoms with E-state index in [1.165, 1.54) is 31.4 Å². The highest BCUT2D eigenvalue weighted by atomic mass is 32.2.